The van der Waals surface area contributed by atoms with Gasteiger partial charge in [0, 0.05) is 11.8 Å². The van der Waals surface area contributed by atoms with Crippen molar-refractivity contribution in [3.8, 4) is 5.75 Å². The average molecular weight is 272 g/mol. The molecule has 0 radical (unpaired) electrons. The zero-order valence-electron chi connectivity index (χ0n) is 10.4. The molecule has 102 valence electrons. The van der Waals surface area contributed by atoms with Crippen LogP contribution in [0.25, 0.3) is 0 Å². The molecule has 0 spiro atoms. The zero-order chi connectivity index (χ0) is 14.5. The molecule has 1 aromatic heterocycles. The second kappa shape index (κ2) is 5.83. The molecule has 0 atom stereocenters. The van der Waals surface area contributed by atoms with Gasteiger partial charge in [-0.05, 0) is 36.4 Å². The number of hydrogen-bond acceptors (Lipinski definition) is 4. The van der Waals surface area contributed by atoms with Crippen LogP contribution >= 0.6 is 0 Å². The number of aromatic carboxylic acids is 1. The number of primary amides is 1. The molecule has 1 heterocycles. The maximum atomic E-state index is 10.9. The molecular formula is C14H12N2O4. The molecule has 0 bridgehead atoms. The number of carboxylic acid groups (broad SMARTS) is 1. The first-order chi connectivity index (χ1) is 9.56. The van der Waals surface area contributed by atoms with Crippen LogP contribution in [0.1, 0.15) is 26.4 Å². The summed E-state index contributed by atoms with van der Waals surface area (Å²) in [6.45, 7) is 0.204. The monoisotopic (exact) mass is 272 g/mol. The second-order valence-electron chi connectivity index (χ2n) is 4.02. The lowest BCUT2D eigenvalue weighted by Gasteiger charge is -2.06. The van der Waals surface area contributed by atoms with Gasteiger partial charge in [-0.1, -0.05) is 0 Å². The van der Waals surface area contributed by atoms with Gasteiger partial charge in [-0.25, -0.2) is 4.79 Å². The third kappa shape index (κ3) is 3.32. The van der Waals surface area contributed by atoms with Crippen LogP contribution in [0, 0.1) is 0 Å². The molecule has 2 aromatic rings. The van der Waals surface area contributed by atoms with Gasteiger partial charge in [0.15, 0.2) is 0 Å². The third-order valence-electron chi connectivity index (χ3n) is 2.60. The first kappa shape index (κ1) is 13.5. The molecule has 0 saturated carbocycles. The normalized spacial score (nSPS) is 10.0. The fraction of sp³-hybridized carbons (Fsp3) is 0.0714. The summed E-state index contributed by atoms with van der Waals surface area (Å²) in [6, 6.07) is 9.44. The fourth-order valence-electron chi connectivity index (χ4n) is 1.51. The predicted molar refractivity (Wildman–Crippen MR) is 70.5 cm³/mol. The largest absolute Gasteiger partial charge is 0.487 e. The van der Waals surface area contributed by atoms with Crippen LogP contribution in [-0.2, 0) is 6.61 Å². The van der Waals surface area contributed by atoms with E-state index in [9.17, 15) is 9.59 Å². The van der Waals surface area contributed by atoms with Crippen molar-refractivity contribution < 1.29 is 19.4 Å². The molecular weight excluding hydrogens is 260 g/mol. The maximum absolute atomic E-state index is 10.9. The van der Waals surface area contributed by atoms with Crippen LogP contribution < -0.4 is 10.5 Å². The Hall–Kier alpha value is -2.89. The minimum Gasteiger partial charge on any atom is -0.487 e. The molecule has 0 aliphatic rings. The van der Waals surface area contributed by atoms with Gasteiger partial charge in [-0.3, -0.25) is 9.78 Å². The van der Waals surface area contributed by atoms with Gasteiger partial charge in [-0.15, -0.1) is 0 Å². The molecule has 0 fully saturated rings. The summed E-state index contributed by atoms with van der Waals surface area (Å²) in [7, 11) is 0. The van der Waals surface area contributed by atoms with E-state index >= 15 is 0 Å². The van der Waals surface area contributed by atoms with Crippen LogP contribution in [0.5, 0.6) is 5.75 Å². The highest BCUT2D eigenvalue weighted by Gasteiger charge is 2.04. The number of amides is 1. The number of pyridine rings is 1. The Kier molecular flexibility index (Phi) is 3.95. The highest BCUT2D eigenvalue weighted by molar-refractivity contribution is 5.92. The molecule has 6 heteroatoms. The van der Waals surface area contributed by atoms with Gasteiger partial charge in [0.25, 0.3) is 0 Å². The van der Waals surface area contributed by atoms with Crippen molar-refractivity contribution in [1.82, 2.24) is 4.98 Å². The van der Waals surface area contributed by atoms with E-state index in [1.165, 1.54) is 12.3 Å². The molecule has 0 aliphatic carbocycles. The molecule has 1 amide bonds. The van der Waals surface area contributed by atoms with Crippen molar-refractivity contribution in [1.29, 1.82) is 0 Å². The van der Waals surface area contributed by atoms with Crippen molar-refractivity contribution in [3.05, 3.63) is 59.4 Å². The number of carboxylic acids is 1. The molecule has 2 rings (SSSR count). The average Bonchev–Trinajstić information content (AvgIpc) is 2.46. The molecule has 0 saturated heterocycles. The van der Waals surface area contributed by atoms with Crippen LogP contribution in [-0.4, -0.2) is 22.0 Å². The summed E-state index contributed by atoms with van der Waals surface area (Å²) in [5, 5.41) is 8.75. The number of hydrogen-bond donors (Lipinski definition) is 2. The molecule has 3 N–H and O–H groups in total. The van der Waals surface area contributed by atoms with E-state index in [0.717, 1.165) is 0 Å². The van der Waals surface area contributed by atoms with Crippen molar-refractivity contribution in [2.75, 3.05) is 0 Å². The number of carbonyl (C=O) groups is 2. The molecule has 6 nitrogen and oxygen atoms in total. The number of nitrogens with zero attached hydrogens (tertiary/aromatic N) is 1. The minimum absolute atomic E-state index is 0.125. The van der Waals surface area contributed by atoms with Crippen LogP contribution in [0.3, 0.4) is 0 Å². The van der Waals surface area contributed by atoms with Crippen LogP contribution in [0.2, 0.25) is 0 Å². The van der Waals surface area contributed by atoms with Gasteiger partial charge in [0.2, 0.25) is 5.91 Å². The smallest absolute Gasteiger partial charge is 0.337 e. The van der Waals surface area contributed by atoms with E-state index in [1.807, 2.05) is 0 Å². The zero-order valence-corrected chi connectivity index (χ0v) is 10.4. The standard InChI is InChI=1S/C14H12N2O4/c15-13(17)9-2-5-12(6-3-9)20-8-11-4-1-10(7-16-11)14(18)19/h1-7H,8H2,(H2,15,17)(H,18,19). The summed E-state index contributed by atoms with van der Waals surface area (Å²) in [6.07, 6.45) is 1.28. The van der Waals surface area contributed by atoms with E-state index in [4.69, 9.17) is 15.6 Å². The summed E-state index contributed by atoms with van der Waals surface area (Å²) in [4.78, 5) is 25.6. The van der Waals surface area contributed by atoms with E-state index in [1.54, 1.807) is 30.3 Å². The molecule has 20 heavy (non-hydrogen) atoms. The van der Waals surface area contributed by atoms with Crippen molar-refractivity contribution in [2.24, 2.45) is 5.73 Å². The summed E-state index contributed by atoms with van der Waals surface area (Å²) in [5.74, 6) is -0.950. The highest BCUT2D eigenvalue weighted by Crippen LogP contribution is 2.13. The number of ether oxygens (including phenoxy) is 1. The number of aromatic nitrogens is 1. The Morgan fingerprint density at radius 3 is 2.25 bits per heavy atom. The maximum Gasteiger partial charge on any atom is 0.337 e. The lowest BCUT2D eigenvalue weighted by atomic mass is 10.2. The van der Waals surface area contributed by atoms with Gasteiger partial charge in [-0.2, -0.15) is 0 Å². The van der Waals surface area contributed by atoms with Crippen LogP contribution in [0.15, 0.2) is 42.6 Å². The van der Waals surface area contributed by atoms with E-state index < -0.39 is 11.9 Å². The summed E-state index contributed by atoms with van der Waals surface area (Å²) in [5.41, 5.74) is 6.26. The fourth-order valence-corrected chi connectivity index (χ4v) is 1.51. The topological polar surface area (TPSA) is 103 Å². The van der Waals surface area contributed by atoms with Gasteiger partial charge >= 0.3 is 5.97 Å². The van der Waals surface area contributed by atoms with Crippen molar-refractivity contribution in [3.63, 3.8) is 0 Å². The van der Waals surface area contributed by atoms with Gasteiger partial charge < -0.3 is 15.6 Å². The van der Waals surface area contributed by atoms with E-state index in [2.05, 4.69) is 4.98 Å². The Morgan fingerprint density at radius 2 is 1.75 bits per heavy atom. The Balaban J connectivity index is 1.97. The second-order valence-corrected chi connectivity index (χ2v) is 4.02. The highest BCUT2D eigenvalue weighted by atomic mass is 16.5. The van der Waals surface area contributed by atoms with Crippen molar-refractivity contribution in [2.45, 2.75) is 6.61 Å². The molecule has 0 aliphatic heterocycles. The Morgan fingerprint density at radius 1 is 1.10 bits per heavy atom. The van der Waals surface area contributed by atoms with E-state index in [-0.39, 0.29) is 12.2 Å². The van der Waals surface area contributed by atoms with Gasteiger partial charge in [0.05, 0.1) is 11.3 Å². The number of benzene rings is 1. The summed E-state index contributed by atoms with van der Waals surface area (Å²) >= 11 is 0. The first-order valence-corrected chi connectivity index (χ1v) is 5.77. The molecule has 1 aromatic carbocycles. The Labute approximate surface area is 114 Å². The third-order valence-corrected chi connectivity index (χ3v) is 2.60. The summed E-state index contributed by atoms with van der Waals surface area (Å²) < 4.78 is 5.47. The SMILES string of the molecule is NC(=O)c1ccc(OCc2ccc(C(=O)O)cn2)cc1. The number of rotatable bonds is 5. The minimum atomic E-state index is -1.02. The lowest BCUT2D eigenvalue weighted by Crippen LogP contribution is -2.10. The molecule has 0 unspecified atom stereocenters. The first-order valence-electron chi connectivity index (χ1n) is 5.77. The van der Waals surface area contributed by atoms with Gasteiger partial charge in [0.1, 0.15) is 12.4 Å². The number of carbonyl (C=O) groups excluding carboxylic acids is 1. The van der Waals surface area contributed by atoms with Crippen LogP contribution in [0.4, 0.5) is 0 Å². The predicted octanol–water partition coefficient (Wildman–Crippen LogP) is 1.46. The number of nitrogens with two attached hydrogens (primary N) is 1. The van der Waals surface area contributed by atoms with Crippen molar-refractivity contribution >= 4 is 11.9 Å². The van der Waals surface area contributed by atoms with E-state index in [0.29, 0.717) is 17.0 Å². The Bertz CT molecular complexity index is 563. The lowest BCUT2D eigenvalue weighted by molar-refractivity contribution is 0.0696. The quantitative estimate of drug-likeness (QED) is 0.857.